The summed E-state index contributed by atoms with van der Waals surface area (Å²) in [7, 11) is 0. The number of rotatable bonds is 4. The van der Waals surface area contributed by atoms with Gasteiger partial charge in [-0.1, -0.05) is 13.3 Å². The second-order valence-corrected chi connectivity index (χ2v) is 2.89. The fourth-order valence-corrected chi connectivity index (χ4v) is 1.17. The Morgan fingerprint density at radius 1 is 1.79 bits per heavy atom. The first-order chi connectivity index (χ1) is 6.70. The summed E-state index contributed by atoms with van der Waals surface area (Å²) in [5, 5.41) is 24.3. The molecule has 7 nitrogen and oxygen atoms in total. The molecule has 1 rings (SSSR count). The first-order valence-corrected chi connectivity index (χ1v) is 4.33. The topological polar surface area (TPSA) is 85.8 Å². The van der Waals surface area contributed by atoms with Crippen LogP contribution in [0.3, 0.4) is 0 Å². The van der Waals surface area contributed by atoms with Gasteiger partial charge in [0.2, 0.25) is 0 Å². The summed E-state index contributed by atoms with van der Waals surface area (Å²) in [6.07, 6.45) is 3.48. The van der Waals surface area contributed by atoms with Crippen molar-refractivity contribution in [1.29, 1.82) is 5.26 Å². The summed E-state index contributed by atoms with van der Waals surface area (Å²) in [6.45, 7) is 2.49. The Kier molecular flexibility index (Phi) is 3.23. The molecule has 0 aliphatic carbocycles. The molecule has 76 valence electrons. The van der Waals surface area contributed by atoms with Crippen LogP contribution in [0.15, 0.2) is 5.10 Å². The smallest absolute Gasteiger partial charge is 0.261 e. The van der Waals surface area contributed by atoms with E-state index in [4.69, 9.17) is 5.26 Å². The first-order valence-electron chi connectivity index (χ1n) is 4.33. The third-order valence-electron chi connectivity index (χ3n) is 1.88. The van der Waals surface area contributed by atoms with Crippen LogP contribution in [0.2, 0.25) is 0 Å². The normalized spacial score (nSPS) is 19.9. The molecule has 1 unspecified atom stereocenters. The van der Waals surface area contributed by atoms with Crippen molar-refractivity contribution < 1.29 is 4.92 Å². The Balaban J connectivity index is 2.64. The van der Waals surface area contributed by atoms with Crippen LogP contribution >= 0.6 is 0 Å². The summed E-state index contributed by atoms with van der Waals surface area (Å²) in [5.41, 5.74) is 0. The Bertz CT molecular complexity index is 284. The van der Waals surface area contributed by atoms with Gasteiger partial charge < -0.3 is 0 Å². The molecule has 1 aliphatic rings. The summed E-state index contributed by atoms with van der Waals surface area (Å²) >= 11 is 0. The van der Waals surface area contributed by atoms with Gasteiger partial charge >= 0.3 is 6.29 Å². The van der Waals surface area contributed by atoms with Crippen LogP contribution < -0.4 is 0 Å². The molecule has 0 amide bonds. The van der Waals surface area contributed by atoms with E-state index in [1.165, 1.54) is 11.3 Å². The van der Waals surface area contributed by atoms with E-state index in [1.54, 1.807) is 6.19 Å². The van der Waals surface area contributed by atoms with Gasteiger partial charge in [0.15, 0.2) is 6.19 Å². The van der Waals surface area contributed by atoms with E-state index >= 15 is 0 Å². The molecule has 0 fully saturated rings. The predicted octanol–water partition coefficient (Wildman–Crippen LogP) is 0.389. The SMILES string of the molecule is CCCCN1N=CN(C#N)C1[N+](=O)[O-]. The molecule has 0 aromatic rings. The minimum Gasteiger partial charge on any atom is -0.261 e. The zero-order valence-electron chi connectivity index (χ0n) is 7.83. The van der Waals surface area contributed by atoms with Gasteiger partial charge in [-0.25, -0.2) is 5.01 Å². The summed E-state index contributed by atoms with van der Waals surface area (Å²) in [5.74, 6) is 0. The van der Waals surface area contributed by atoms with Crippen LogP contribution in [0.1, 0.15) is 19.8 Å². The maximum atomic E-state index is 10.6. The summed E-state index contributed by atoms with van der Waals surface area (Å²) < 4.78 is 0. The molecular formula is C7H11N5O2. The van der Waals surface area contributed by atoms with Gasteiger partial charge in [0.05, 0.1) is 4.92 Å². The average molecular weight is 197 g/mol. The lowest BCUT2D eigenvalue weighted by Crippen LogP contribution is -2.43. The molecule has 0 radical (unpaired) electrons. The third-order valence-corrected chi connectivity index (χ3v) is 1.88. The van der Waals surface area contributed by atoms with Crippen molar-refractivity contribution in [2.45, 2.75) is 26.1 Å². The second kappa shape index (κ2) is 4.41. The molecule has 14 heavy (non-hydrogen) atoms. The summed E-state index contributed by atoms with van der Waals surface area (Å²) in [4.78, 5) is 11.0. The van der Waals surface area contributed by atoms with Crippen molar-refractivity contribution >= 4 is 6.34 Å². The number of nitro groups is 1. The van der Waals surface area contributed by atoms with E-state index in [2.05, 4.69) is 5.10 Å². The van der Waals surface area contributed by atoms with Gasteiger partial charge in [0, 0.05) is 6.54 Å². The van der Waals surface area contributed by atoms with Gasteiger partial charge in [0.25, 0.3) is 0 Å². The Hall–Kier alpha value is -1.84. The largest absolute Gasteiger partial charge is 0.396 e. The number of hydrogen-bond donors (Lipinski definition) is 0. The second-order valence-electron chi connectivity index (χ2n) is 2.89. The Morgan fingerprint density at radius 3 is 3.00 bits per heavy atom. The number of hydrogen-bond acceptors (Lipinski definition) is 6. The molecule has 0 N–H and O–H groups in total. The molecule has 1 heterocycles. The third kappa shape index (κ3) is 1.90. The predicted molar refractivity (Wildman–Crippen MR) is 48.3 cm³/mol. The molecule has 0 saturated carbocycles. The fraction of sp³-hybridized carbons (Fsp3) is 0.714. The highest BCUT2D eigenvalue weighted by Gasteiger charge is 2.37. The van der Waals surface area contributed by atoms with E-state index in [0.29, 0.717) is 6.54 Å². The highest BCUT2D eigenvalue weighted by molar-refractivity contribution is 5.58. The van der Waals surface area contributed by atoms with Gasteiger partial charge in [-0.2, -0.15) is 15.3 Å². The molecule has 0 spiro atoms. The number of nitrogens with zero attached hydrogens (tertiary/aromatic N) is 5. The Labute approximate surface area is 81.4 Å². The van der Waals surface area contributed by atoms with Crippen molar-refractivity contribution in [2.24, 2.45) is 5.10 Å². The summed E-state index contributed by atoms with van der Waals surface area (Å²) in [6, 6.07) is 0. The maximum Gasteiger partial charge on any atom is 0.396 e. The zero-order chi connectivity index (χ0) is 10.6. The monoisotopic (exact) mass is 197 g/mol. The minimum atomic E-state index is -1.16. The van der Waals surface area contributed by atoms with Gasteiger partial charge in [-0.3, -0.25) is 10.1 Å². The van der Waals surface area contributed by atoms with Gasteiger partial charge in [0.1, 0.15) is 6.34 Å². The van der Waals surface area contributed by atoms with Gasteiger partial charge in [-0.15, -0.1) is 0 Å². The molecule has 0 aromatic heterocycles. The van der Waals surface area contributed by atoms with Crippen LogP contribution in [-0.2, 0) is 0 Å². The molecule has 0 bridgehead atoms. The van der Waals surface area contributed by atoms with Crippen LogP contribution in [-0.4, -0.2) is 34.0 Å². The molecule has 0 saturated heterocycles. The lowest BCUT2D eigenvalue weighted by molar-refractivity contribution is -0.567. The van der Waals surface area contributed by atoms with Crippen molar-refractivity contribution in [3.05, 3.63) is 10.1 Å². The van der Waals surface area contributed by atoms with E-state index in [9.17, 15) is 10.1 Å². The van der Waals surface area contributed by atoms with Crippen LogP contribution in [0.4, 0.5) is 0 Å². The van der Waals surface area contributed by atoms with Gasteiger partial charge in [-0.05, 0) is 6.42 Å². The molecule has 1 atom stereocenters. The maximum absolute atomic E-state index is 10.6. The van der Waals surface area contributed by atoms with Crippen LogP contribution in [0.25, 0.3) is 0 Å². The van der Waals surface area contributed by atoms with Crippen molar-refractivity contribution in [1.82, 2.24) is 9.91 Å². The van der Waals surface area contributed by atoms with E-state index in [1.807, 2.05) is 6.92 Å². The lowest BCUT2D eigenvalue weighted by Gasteiger charge is -2.18. The average Bonchev–Trinajstić information content (AvgIpc) is 2.57. The number of nitriles is 1. The Morgan fingerprint density at radius 2 is 2.50 bits per heavy atom. The lowest BCUT2D eigenvalue weighted by atomic mass is 10.3. The minimum absolute atomic E-state index is 0.497. The van der Waals surface area contributed by atoms with Crippen molar-refractivity contribution in [3.63, 3.8) is 0 Å². The molecule has 7 heteroatoms. The highest BCUT2D eigenvalue weighted by Crippen LogP contribution is 2.12. The zero-order valence-corrected chi connectivity index (χ0v) is 7.83. The molecular weight excluding hydrogens is 186 g/mol. The number of unbranched alkanes of at least 4 members (excludes halogenated alkanes) is 1. The first kappa shape index (κ1) is 10.2. The quantitative estimate of drug-likeness (QED) is 0.369. The fourth-order valence-electron chi connectivity index (χ4n) is 1.17. The molecule has 1 aliphatic heterocycles. The number of hydrazone groups is 1. The highest BCUT2D eigenvalue weighted by atomic mass is 16.6. The van der Waals surface area contributed by atoms with Crippen LogP contribution in [0, 0.1) is 21.6 Å². The van der Waals surface area contributed by atoms with E-state index in [-0.39, 0.29) is 0 Å². The standard InChI is InChI=1S/C7H11N5O2/c1-2-3-4-11-7(12(13)14)10(5-8)6-9-11/h6-7H,2-4H2,1H3. The van der Waals surface area contributed by atoms with Crippen LogP contribution in [0.5, 0.6) is 0 Å². The molecule has 0 aromatic carbocycles. The van der Waals surface area contributed by atoms with E-state index in [0.717, 1.165) is 17.7 Å². The van der Waals surface area contributed by atoms with Crippen molar-refractivity contribution in [2.75, 3.05) is 6.54 Å². The van der Waals surface area contributed by atoms with E-state index < -0.39 is 11.2 Å². The van der Waals surface area contributed by atoms with Crippen molar-refractivity contribution in [3.8, 4) is 6.19 Å².